The minimum Gasteiger partial charge on any atom is -0.496 e. The Kier molecular flexibility index (Phi) is 3.65. The number of methoxy groups -OCH3 is 1. The summed E-state index contributed by atoms with van der Waals surface area (Å²) in [5.41, 5.74) is 5.62. The number of ether oxygens (including phenoxy) is 1. The van der Waals surface area contributed by atoms with Crippen molar-refractivity contribution in [3.8, 4) is 17.0 Å². The number of aryl methyl sites for hydroxylation is 2. The molecule has 3 heteroatoms. The first kappa shape index (κ1) is 13.7. The Morgan fingerprint density at radius 3 is 2.81 bits per heavy atom. The van der Waals surface area contributed by atoms with E-state index in [2.05, 4.69) is 48.1 Å². The van der Waals surface area contributed by atoms with E-state index in [4.69, 9.17) is 4.74 Å². The van der Waals surface area contributed by atoms with Gasteiger partial charge < -0.3 is 9.72 Å². The van der Waals surface area contributed by atoms with E-state index in [-0.39, 0.29) is 0 Å². The van der Waals surface area contributed by atoms with Gasteiger partial charge in [-0.2, -0.15) is 0 Å². The van der Waals surface area contributed by atoms with E-state index < -0.39 is 0 Å². The molecule has 0 bridgehead atoms. The van der Waals surface area contributed by atoms with E-state index >= 15 is 0 Å². The van der Waals surface area contributed by atoms with Gasteiger partial charge in [-0.15, -0.1) is 0 Å². The van der Waals surface area contributed by atoms with Crippen LogP contribution in [0.1, 0.15) is 24.6 Å². The number of benzene rings is 1. The molecule has 3 rings (SSSR count). The molecule has 108 valence electrons. The molecular formula is C18H20N2O. The number of nitrogens with zero attached hydrogens (tertiary/aromatic N) is 1. The minimum absolute atomic E-state index is 0.958. The quantitative estimate of drug-likeness (QED) is 0.764. The van der Waals surface area contributed by atoms with Crippen LogP contribution in [0.5, 0.6) is 5.75 Å². The summed E-state index contributed by atoms with van der Waals surface area (Å²) in [7, 11) is 1.72. The van der Waals surface area contributed by atoms with Gasteiger partial charge in [0.25, 0.3) is 0 Å². The lowest BCUT2D eigenvalue weighted by Gasteiger charge is -2.10. The number of nitrogens with one attached hydrogen (secondary N) is 1. The Hall–Kier alpha value is -2.29. The van der Waals surface area contributed by atoms with Crippen molar-refractivity contribution in [2.75, 3.05) is 7.11 Å². The Bertz CT molecular complexity index is 774. The molecule has 0 atom stereocenters. The molecule has 0 saturated carbocycles. The number of pyridine rings is 1. The fourth-order valence-electron chi connectivity index (χ4n) is 2.74. The first-order valence-corrected chi connectivity index (χ1v) is 7.34. The van der Waals surface area contributed by atoms with Crippen LogP contribution in [0.3, 0.4) is 0 Å². The van der Waals surface area contributed by atoms with Gasteiger partial charge in [-0.1, -0.05) is 13.3 Å². The summed E-state index contributed by atoms with van der Waals surface area (Å²) in [6, 6.07) is 10.6. The summed E-state index contributed by atoms with van der Waals surface area (Å²) in [6.07, 6.45) is 4.02. The lowest BCUT2D eigenvalue weighted by molar-refractivity contribution is 0.409. The number of rotatable bonds is 4. The van der Waals surface area contributed by atoms with E-state index in [9.17, 15) is 0 Å². The fourth-order valence-corrected chi connectivity index (χ4v) is 2.74. The highest BCUT2D eigenvalue weighted by molar-refractivity contribution is 5.83. The van der Waals surface area contributed by atoms with Crippen LogP contribution in [0.4, 0.5) is 0 Å². The third-order valence-corrected chi connectivity index (χ3v) is 3.74. The molecule has 0 unspecified atom stereocenters. The van der Waals surface area contributed by atoms with Crippen LogP contribution in [-0.2, 0) is 6.42 Å². The Balaban J connectivity index is 2.06. The molecule has 1 N–H and O–H groups in total. The van der Waals surface area contributed by atoms with Crippen LogP contribution in [0.15, 0.2) is 36.5 Å². The van der Waals surface area contributed by atoms with E-state index in [1.54, 1.807) is 7.11 Å². The van der Waals surface area contributed by atoms with Crippen LogP contribution in [0.2, 0.25) is 0 Å². The largest absolute Gasteiger partial charge is 0.496 e. The minimum atomic E-state index is 0.958. The monoisotopic (exact) mass is 280 g/mol. The highest BCUT2D eigenvalue weighted by atomic mass is 16.5. The average Bonchev–Trinajstić information content (AvgIpc) is 2.86. The van der Waals surface area contributed by atoms with Crippen LogP contribution >= 0.6 is 0 Å². The van der Waals surface area contributed by atoms with Gasteiger partial charge in [-0.3, -0.25) is 4.98 Å². The summed E-state index contributed by atoms with van der Waals surface area (Å²) in [6.45, 7) is 4.24. The second-order valence-corrected chi connectivity index (χ2v) is 5.39. The molecule has 3 nitrogen and oxygen atoms in total. The van der Waals surface area contributed by atoms with Crippen molar-refractivity contribution in [1.29, 1.82) is 0 Å². The zero-order valence-electron chi connectivity index (χ0n) is 12.7. The highest BCUT2D eigenvalue weighted by Crippen LogP contribution is 2.28. The second kappa shape index (κ2) is 5.60. The van der Waals surface area contributed by atoms with E-state index in [0.29, 0.717) is 0 Å². The van der Waals surface area contributed by atoms with Crippen molar-refractivity contribution in [3.05, 3.63) is 47.8 Å². The molecule has 1 aromatic carbocycles. The zero-order chi connectivity index (χ0) is 14.8. The van der Waals surface area contributed by atoms with E-state index in [1.165, 1.54) is 10.9 Å². The average molecular weight is 280 g/mol. The maximum Gasteiger partial charge on any atom is 0.122 e. The van der Waals surface area contributed by atoms with Crippen LogP contribution < -0.4 is 4.74 Å². The number of aromatic nitrogens is 2. The van der Waals surface area contributed by atoms with Gasteiger partial charge in [-0.25, -0.2) is 0 Å². The molecule has 2 aromatic heterocycles. The predicted molar refractivity (Wildman–Crippen MR) is 86.8 cm³/mol. The number of H-pyrrole nitrogens is 1. The number of hydrogen-bond acceptors (Lipinski definition) is 2. The number of fused-ring (bicyclic) bond motifs is 1. The molecule has 0 aliphatic heterocycles. The summed E-state index contributed by atoms with van der Waals surface area (Å²) >= 11 is 0. The summed E-state index contributed by atoms with van der Waals surface area (Å²) < 4.78 is 5.44. The van der Waals surface area contributed by atoms with E-state index in [0.717, 1.165) is 41.1 Å². The molecule has 0 aliphatic carbocycles. The molecule has 0 fully saturated rings. The third kappa shape index (κ3) is 2.64. The molecule has 3 aromatic rings. The Morgan fingerprint density at radius 1 is 1.19 bits per heavy atom. The maximum atomic E-state index is 5.44. The molecule has 21 heavy (non-hydrogen) atoms. The molecule has 0 radical (unpaired) electrons. The Morgan fingerprint density at radius 2 is 2.05 bits per heavy atom. The number of hydrogen-bond donors (Lipinski definition) is 1. The van der Waals surface area contributed by atoms with Crippen molar-refractivity contribution in [3.63, 3.8) is 0 Å². The molecule has 2 heterocycles. The predicted octanol–water partition coefficient (Wildman–Crippen LogP) is 4.50. The smallest absolute Gasteiger partial charge is 0.122 e. The van der Waals surface area contributed by atoms with Gasteiger partial charge in [-0.05, 0) is 49.2 Å². The maximum absolute atomic E-state index is 5.44. The van der Waals surface area contributed by atoms with Crippen molar-refractivity contribution < 1.29 is 4.74 Å². The SMILES string of the molecule is CCCc1cc(-c2cc3cc(C)[nH]c3cn2)ccc1OC. The molecule has 0 spiro atoms. The van der Waals surface area contributed by atoms with Gasteiger partial charge in [0.15, 0.2) is 0 Å². The fraction of sp³-hybridized carbons (Fsp3) is 0.278. The number of aromatic amines is 1. The first-order chi connectivity index (χ1) is 10.2. The van der Waals surface area contributed by atoms with Crippen molar-refractivity contribution in [1.82, 2.24) is 9.97 Å². The van der Waals surface area contributed by atoms with Crippen LogP contribution in [0.25, 0.3) is 22.2 Å². The molecule has 0 saturated heterocycles. The summed E-state index contributed by atoms with van der Waals surface area (Å²) in [4.78, 5) is 7.88. The van der Waals surface area contributed by atoms with Crippen molar-refractivity contribution in [2.24, 2.45) is 0 Å². The van der Waals surface area contributed by atoms with Gasteiger partial charge >= 0.3 is 0 Å². The zero-order valence-corrected chi connectivity index (χ0v) is 12.7. The summed E-state index contributed by atoms with van der Waals surface area (Å²) in [5.74, 6) is 0.958. The van der Waals surface area contributed by atoms with Crippen molar-refractivity contribution >= 4 is 10.9 Å². The second-order valence-electron chi connectivity index (χ2n) is 5.39. The summed E-state index contributed by atoms with van der Waals surface area (Å²) in [5, 5.41) is 1.20. The molecule has 0 aliphatic rings. The normalized spacial score (nSPS) is 11.0. The lowest BCUT2D eigenvalue weighted by atomic mass is 10.0. The molecular weight excluding hydrogens is 260 g/mol. The van der Waals surface area contributed by atoms with Gasteiger partial charge in [0.05, 0.1) is 24.5 Å². The Labute approximate surface area is 125 Å². The van der Waals surface area contributed by atoms with Gasteiger partial charge in [0, 0.05) is 16.6 Å². The third-order valence-electron chi connectivity index (χ3n) is 3.74. The first-order valence-electron chi connectivity index (χ1n) is 7.34. The topological polar surface area (TPSA) is 37.9 Å². The lowest BCUT2D eigenvalue weighted by Crippen LogP contribution is -1.93. The highest BCUT2D eigenvalue weighted by Gasteiger charge is 2.08. The molecule has 0 amide bonds. The van der Waals surface area contributed by atoms with Crippen LogP contribution in [0, 0.1) is 6.92 Å². The van der Waals surface area contributed by atoms with E-state index in [1.807, 2.05) is 12.3 Å². The van der Waals surface area contributed by atoms with Gasteiger partial charge in [0.1, 0.15) is 5.75 Å². The van der Waals surface area contributed by atoms with Gasteiger partial charge in [0.2, 0.25) is 0 Å². The van der Waals surface area contributed by atoms with Crippen molar-refractivity contribution in [2.45, 2.75) is 26.7 Å². The standard InChI is InChI=1S/C18H20N2O/c1-4-5-14-9-13(6-7-18(14)21-3)16-10-15-8-12(2)20-17(15)11-19-16/h6-11,20H,4-5H2,1-3H3. The van der Waals surface area contributed by atoms with Crippen LogP contribution in [-0.4, -0.2) is 17.1 Å².